The van der Waals surface area contributed by atoms with Gasteiger partial charge in [-0.15, -0.1) is 0 Å². The summed E-state index contributed by atoms with van der Waals surface area (Å²) in [5.41, 5.74) is 3.27. The van der Waals surface area contributed by atoms with E-state index in [4.69, 9.17) is 4.74 Å². The molecule has 5 rings (SSSR count). The van der Waals surface area contributed by atoms with Gasteiger partial charge in [-0.25, -0.2) is 0 Å². The summed E-state index contributed by atoms with van der Waals surface area (Å²) in [5.74, 6) is 1.68. The van der Waals surface area contributed by atoms with Gasteiger partial charge in [0.2, 0.25) is 0 Å². The summed E-state index contributed by atoms with van der Waals surface area (Å²) < 4.78 is 7.02. The van der Waals surface area contributed by atoms with Crippen molar-refractivity contribution in [3.05, 3.63) is 58.5 Å². The van der Waals surface area contributed by atoms with Crippen molar-refractivity contribution in [1.82, 2.24) is 9.55 Å². The van der Waals surface area contributed by atoms with Crippen molar-refractivity contribution in [2.45, 2.75) is 50.6 Å². The van der Waals surface area contributed by atoms with Gasteiger partial charge in [-0.3, -0.25) is 9.78 Å². The second-order valence-electron chi connectivity index (χ2n) is 9.94. The van der Waals surface area contributed by atoms with Gasteiger partial charge in [0.1, 0.15) is 22.9 Å². The van der Waals surface area contributed by atoms with E-state index < -0.39 is 0 Å². The van der Waals surface area contributed by atoms with Gasteiger partial charge in [-0.05, 0) is 68.7 Å². The number of rotatable bonds is 7. The first-order valence-electron chi connectivity index (χ1n) is 12.5. The first-order chi connectivity index (χ1) is 17.0. The number of fused-ring (bicyclic) bond motifs is 1. The van der Waals surface area contributed by atoms with Crippen LogP contribution in [0.1, 0.15) is 44.1 Å². The van der Waals surface area contributed by atoms with Gasteiger partial charge < -0.3 is 19.1 Å². The molecule has 3 aromatic rings. The minimum Gasteiger partial charge on any atom is -0.497 e. The Morgan fingerprint density at radius 2 is 1.86 bits per heavy atom. The largest absolute Gasteiger partial charge is 0.497 e. The maximum atomic E-state index is 13.0. The number of benzene rings is 1. The third kappa shape index (κ3) is 4.45. The molecule has 0 radical (unpaired) electrons. The van der Waals surface area contributed by atoms with Crippen molar-refractivity contribution in [1.29, 1.82) is 5.26 Å². The average molecular weight is 472 g/mol. The van der Waals surface area contributed by atoms with E-state index in [1.165, 1.54) is 23.1 Å². The van der Waals surface area contributed by atoms with E-state index in [1.54, 1.807) is 20.4 Å². The molecule has 2 aromatic heterocycles. The van der Waals surface area contributed by atoms with Crippen molar-refractivity contribution in [2.24, 2.45) is 13.0 Å². The highest BCUT2D eigenvalue weighted by atomic mass is 16.5. The molecule has 2 aliphatic carbocycles. The summed E-state index contributed by atoms with van der Waals surface area (Å²) >= 11 is 0. The lowest BCUT2D eigenvalue weighted by molar-refractivity contribution is 0.364. The van der Waals surface area contributed by atoms with Crippen molar-refractivity contribution < 1.29 is 4.74 Å². The smallest absolute Gasteiger partial charge is 0.270 e. The number of ether oxygens (including phenoxy) is 1. The Bertz CT molecular complexity index is 1320. The van der Waals surface area contributed by atoms with Crippen molar-refractivity contribution in [3.8, 4) is 11.8 Å². The molecule has 7 nitrogen and oxygen atoms in total. The zero-order valence-corrected chi connectivity index (χ0v) is 20.8. The highest BCUT2D eigenvalue weighted by molar-refractivity contribution is 5.91. The van der Waals surface area contributed by atoms with Crippen molar-refractivity contribution >= 4 is 22.4 Å². The van der Waals surface area contributed by atoms with Crippen LogP contribution >= 0.6 is 0 Å². The van der Waals surface area contributed by atoms with E-state index in [0.717, 1.165) is 49.4 Å². The molecular weight excluding hydrogens is 438 g/mol. The Kier molecular flexibility index (Phi) is 6.38. The Labute approximate surface area is 206 Å². The van der Waals surface area contributed by atoms with Crippen molar-refractivity contribution in [2.75, 3.05) is 30.5 Å². The molecule has 2 aliphatic rings. The first-order valence-corrected chi connectivity index (χ1v) is 12.5. The summed E-state index contributed by atoms with van der Waals surface area (Å²) in [7, 11) is 5.43. The highest BCUT2D eigenvalue weighted by Gasteiger charge is 2.33. The van der Waals surface area contributed by atoms with Gasteiger partial charge >= 0.3 is 0 Å². The van der Waals surface area contributed by atoms with Crippen LogP contribution in [0.2, 0.25) is 0 Å². The van der Waals surface area contributed by atoms with Gasteiger partial charge in [-0.2, -0.15) is 5.26 Å². The Hall–Kier alpha value is -3.53. The van der Waals surface area contributed by atoms with Crippen LogP contribution in [0.5, 0.6) is 5.75 Å². The number of aromatic nitrogens is 2. The first kappa shape index (κ1) is 23.2. The molecule has 2 fully saturated rings. The third-order valence-electron chi connectivity index (χ3n) is 7.78. The summed E-state index contributed by atoms with van der Waals surface area (Å²) in [6, 6.07) is 15.0. The van der Waals surface area contributed by atoms with E-state index in [0.29, 0.717) is 17.2 Å². The van der Waals surface area contributed by atoms with Gasteiger partial charge in [-0.1, -0.05) is 6.07 Å². The predicted octanol–water partition coefficient (Wildman–Crippen LogP) is 4.48. The minimum absolute atomic E-state index is 0.176. The van der Waals surface area contributed by atoms with Crippen LogP contribution in [-0.4, -0.2) is 42.3 Å². The third-order valence-corrected chi connectivity index (χ3v) is 7.78. The van der Waals surface area contributed by atoms with Crippen LogP contribution in [0.25, 0.3) is 11.0 Å². The molecule has 0 unspecified atom stereocenters. The molecule has 0 atom stereocenters. The maximum Gasteiger partial charge on any atom is 0.270 e. The number of methoxy groups -OCH3 is 1. The van der Waals surface area contributed by atoms with Gasteiger partial charge in [0.15, 0.2) is 0 Å². The van der Waals surface area contributed by atoms with E-state index in [1.807, 2.05) is 25.2 Å². The maximum absolute atomic E-state index is 13.0. The molecular formula is C28H33N5O2. The number of hydrogen-bond acceptors (Lipinski definition) is 6. The average Bonchev–Trinajstić information content (AvgIpc) is 3.73. The predicted molar refractivity (Wildman–Crippen MR) is 139 cm³/mol. The topological polar surface area (TPSA) is 74.4 Å². The van der Waals surface area contributed by atoms with E-state index >= 15 is 0 Å². The Morgan fingerprint density at radius 3 is 2.54 bits per heavy atom. The summed E-state index contributed by atoms with van der Waals surface area (Å²) in [4.78, 5) is 22.3. The number of anilines is 2. The Balaban J connectivity index is 1.39. The van der Waals surface area contributed by atoms with Crippen LogP contribution < -0.4 is 20.1 Å². The van der Waals surface area contributed by atoms with E-state index in [2.05, 4.69) is 39.1 Å². The van der Waals surface area contributed by atoms with Crippen LogP contribution in [0.15, 0.2) is 47.4 Å². The second-order valence-corrected chi connectivity index (χ2v) is 9.94. The normalized spacial score (nSPS) is 19.8. The standard InChI is InChI=1S/C28H33N5O2/c1-31(27-24(17-29)28(34)32(2)25-8-5-15-30-26(25)27)20-11-13-21(14-12-20)33(18-19-9-10-19)22-6-4-7-23(16-22)35-3/h4-8,15-16,19-21H,9-14,18H2,1-3H3/t20-,21-. The molecule has 0 amide bonds. The van der Waals surface area contributed by atoms with Crippen molar-refractivity contribution in [3.63, 3.8) is 0 Å². The second kappa shape index (κ2) is 9.61. The molecule has 0 spiro atoms. The quantitative estimate of drug-likeness (QED) is 0.506. The van der Waals surface area contributed by atoms with Gasteiger partial charge in [0.25, 0.3) is 5.56 Å². The van der Waals surface area contributed by atoms with Crippen LogP contribution in [0.3, 0.4) is 0 Å². The fourth-order valence-electron chi connectivity index (χ4n) is 5.56. The van der Waals surface area contributed by atoms with Gasteiger partial charge in [0, 0.05) is 50.7 Å². The van der Waals surface area contributed by atoms with E-state index in [9.17, 15) is 10.1 Å². The van der Waals surface area contributed by atoms with Crippen LogP contribution in [0.4, 0.5) is 11.4 Å². The minimum atomic E-state index is -0.267. The monoisotopic (exact) mass is 471 g/mol. The number of aryl methyl sites for hydroxylation is 1. The molecule has 0 bridgehead atoms. The number of nitriles is 1. The summed E-state index contributed by atoms with van der Waals surface area (Å²) in [6.07, 6.45) is 8.50. The fraction of sp³-hybridized carbons (Fsp3) is 0.464. The molecule has 7 heteroatoms. The highest BCUT2D eigenvalue weighted by Crippen LogP contribution is 2.38. The molecule has 2 saturated carbocycles. The van der Waals surface area contributed by atoms with E-state index in [-0.39, 0.29) is 17.2 Å². The number of pyridine rings is 2. The SMILES string of the molecule is COc1cccc(N(CC2CC2)[C@H]2CC[C@H](N(C)c3c(C#N)c(=O)n(C)c4cccnc34)CC2)c1. The molecule has 0 N–H and O–H groups in total. The molecule has 1 aromatic carbocycles. The number of nitrogens with zero attached hydrogens (tertiary/aromatic N) is 5. The van der Waals surface area contributed by atoms with Crippen LogP contribution in [0, 0.1) is 17.2 Å². The summed E-state index contributed by atoms with van der Waals surface area (Å²) in [6.45, 7) is 1.10. The van der Waals surface area contributed by atoms with Gasteiger partial charge in [0.05, 0.1) is 18.3 Å². The molecule has 0 aliphatic heterocycles. The lowest BCUT2D eigenvalue weighted by atomic mass is 9.88. The fourth-order valence-corrected chi connectivity index (χ4v) is 5.56. The Morgan fingerprint density at radius 1 is 1.11 bits per heavy atom. The zero-order valence-electron chi connectivity index (χ0n) is 20.8. The molecule has 2 heterocycles. The number of hydrogen-bond donors (Lipinski definition) is 0. The summed E-state index contributed by atoms with van der Waals surface area (Å²) in [5, 5.41) is 9.87. The van der Waals surface area contributed by atoms with Crippen LogP contribution in [-0.2, 0) is 7.05 Å². The molecule has 35 heavy (non-hydrogen) atoms. The lowest BCUT2D eigenvalue weighted by Crippen LogP contribution is -2.44. The molecule has 0 saturated heterocycles. The lowest BCUT2D eigenvalue weighted by Gasteiger charge is -2.41. The zero-order chi connectivity index (χ0) is 24.5. The molecule has 182 valence electrons.